The molecule has 0 saturated carbocycles. The number of hydrogen-bond acceptors (Lipinski definition) is 2. The molecule has 0 bridgehead atoms. The second kappa shape index (κ2) is 5.22. The Balaban J connectivity index is 2.32. The van der Waals surface area contributed by atoms with Crippen LogP contribution >= 0.6 is 0 Å². The lowest BCUT2D eigenvalue weighted by Crippen LogP contribution is -2.46. The predicted molar refractivity (Wildman–Crippen MR) is 68.0 cm³/mol. The molecule has 0 radical (unpaired) electrons. The number of aryl methyl sites for hydroxylation is 1. The molecule has 100 valence electrons. The van der Waals surface area contributed by atoms with E-state index in [1.807, 2.05) is 20.8 Å². The van der Waals surface area contributed by atoms with Crippen LogP contribution in [-0.2, 0) is 11.2 Å². The molecule has 1 aromatic rings. The van der Waals surface area contributed by atoms with Gasteiger partial charge in [0.15, 0.2) is 0 Å². The number of halogens is 2. The standard InChI is InChI=1S/C14H19F2NO/c1-4-11-5-12(15)14(13(16)6-11)17-7-9(2)18-10(3)8-17/h5-6,9-10H,4,7-8H2,1-3H3/t9-,10+. The van der Waals surface area contributed by atoms with E-state index in [4.69, 9.17) is 4.74 Å². The molecule has 4 heteroatoms. The van der Waals surface area contributed by atoms with Gasteiger partial charge < -0.3 is 9.64 Å². The third kappa shape index (κ3) is 2.64. The summed E-state index contributed by atoms with van der Waals surface area (Å²) >= 11 is 0. The molecule has 1 heterocycles. The Labute approximate surface area is 107 Å². The summed E-state index contributed by atoms with van der Waals surface area (Å²) in [7, 11) is 0. The summed E-state index contributed by atoms with van der Waals surface area (Å²) in [4.78, 5) is 1.74. The molecule has 18 heavy (non-hydrogen) atoms. The van der Waals surface area contributed by atoms with E-state index in [-0.39, 0.29) is 17.9 Å². The average molecular weight is 255 g/mol. The summed E-state index contributed by atoms with van der Waals surface area (Å²) in [5.41, 5.74) is 0.761. The van der Waals surface area contributed by atoms with Gasteiger partial charge in [-0.05, 0) is 38.0 Å². The summed E-state index contributed by atoms with van der Waals surface area (Å²) in [5.74, 6) is -0.957. The van der Waals surface area contributed by atoms with Crippen molar-refractivity contribution in [1.82, 2.24) is 0 Å². The molecular weight excluding hydrogens is 236 g/mol. The Morgan fingerprint density at radius 1 is 1.17 bits per heavy atom. The van der Waals surface area contributed by atoms with E-state index in [0.29, 0.717) is 25.1 Å². The van der Waals surface area contributed by atoms with Crippen molar-refractivity contribution in [2.75, 3.05) is 18.0 Å². The number of rotatable bonds is 2. The summed E-state index contributed by atoms with van der Waals surface area (Å²) in [6.45, 7) is 6.75. The summed E-state index contributed by atoms with van der Waals surface area (Å²) in [5, 5.41) is 0. The van der Waals surface area contributed by atoms with Crippen molar-refractivity contribution < 1.29 is 13.5 Å². The van der Waals surface area contributed by atoms with Gasteiger partial charge in [0, 0.05) is 13.1 Å². The Kier molecular flexibility index (Phi) is 3.85. The second-order valence-electron chi connectivity index (χ2n) is 4.92. The second-order valence-corrected chi connectivity index (χ2v) is 4.92. The molecule has 0 spiro atoms. The third-order valence-electron chi connectivity index (χ3n) is 3.22. The molecule has 2 rings (SSSR count). The topological polar surface area (TPSA) is 12.5 Å². The molecule has 0 unspecified atom stereocenters. The number of hydrogen-bond donors (Lipinski definition) is 0. The highest BCUT2D eigenvalue weighted by Gasteiger charge is 2.26. The SMILES string of the molecule is CCc1cc(F)c(N2C[C@@H](C)O[C@@H](C)C2)c(F)c1. The van der Waals surface area contributed by atoms with Gasteiger partial charge in [0.05, 0.1) is 12.2 Å². The van der Waals surface area contributed by atoms with Gasteiger partial charge in [-0.2, -0.15) is 0 Å². The van der Waals surface area contributed by atoms with E-state index in [1.165, 1.54) is 12.1 Å². The molecule has 1 aromatic carbocycles. The van der Waals surface area contributed by atoms with Crippen LogP contribution in [0.5, 0.6) is 0 Å². The molecular formula is C14H19F2NO. The fourth-order valence-corrected chi connectivity index (χ4v) is 2.48. The Morgan fingerprint density at radius 3 is 2.11 bits per heavy atom. The van der Waals surface area contributed by atoms with E-state index in [1.54, 1.807) is 4.90 Å². The maximum atomic E-state index is 14.0. The van der Waals surface area contributed by atoms with Gasteiger partial charge in [-0.15, -0.1) is 0 Å². The first-order valence-corrected chi connectivity index (χ1v) is 6.39. The third-order valence-corrected chi connectivity index (χ3v) is 3.22. The van der Waals surface area contributed by atoms with Gasteiger partial charge in [0.25, 0.3) is 0 Å². The van der Waals surface area contributed by atoms with E-state index in [9.17, 15) is 8.78 Å². The number of nitrogens with zero attached hydrogens (tertiary/aromatic N) is 1. The molecule has 2 atom stereocenters. The maximum Gasteiger partial charge on any atom is 0.149 e. The van der Waals surface area contributed by atoms with Gasteiger partial charge in [-0.3, -0.25) is 0 Å². The van der Waals surface area contributed by atoms with E-state index >= 15 is 0 Å². The molecule has 0 aliphatic carbocycles. The number of benzene rings is 1. The first kappa shape index (κ1) is 13.3. The molecule has 1 fully saturated rings. The van der Waals surface area contributed by atoms with Crippen LogP contribution < -0.4 is 4.90 Å². The van der Waals surface area contributed by atoms with Crippen molar-refractivity contribution in [2.24, 2.45) is 0 Å². The zero-order valence-electron chi connectivity index (χ0n) is 11.0. The number of morpholine rings is 1. The van der Waals surface area contributed by atoms with Crippen molar-refractivity contribution in [1.29, 1.82) is 0 Å². The summed E-state index contributed by atoms with van der Waals surface area (Å²) in [6, 6.07) is 2.84. The molecule has 2 nitrogen and oxygen atoms in total. The smallest absolute Gasteiger partial charge is 0.149 e. The van der Waals surface area contributed by atoms with Crippen LogP contribution in [0.25, 0.3) is 0 Å². The Hall–Kier alpha value is -1.16. The highest BCUT2D eigenvalue weighted by molar-refractivity contribution is 5.51. The van der Waals surface area contributed by atoms with Gasteiger partial charge in [0.1, 0.15) is 17.3 Å². The normalized spacial score (nSPS) is 24.4. The predicted octanol–water partition coefficient (Wildman–Crippen LogP) is 3.14. The minimum absolute atomic E-state index is 0.0154. The lowest BCUT2D eigenvalue weighted by Gasteiger charge is -2.37. The van der Waals surface area contributed by atoms with Crippen LogP contribution in [-0.4, -0.2) is 25.3 Å². The Bertz CT molecular complexity index is 403. The monoisotopic (exact) mass is 255 g/mol. The van der Waals surface area contributed by atoms with Crippen molar-refractivity contribution in [3.05, 3.63) is 29.3 Å². The minimum atomic E-state index is -0.479. The fraction of sp³-hybridized carbons (Fsp3) is 0.571. The zero-order valence-corrected chi connectivity index (χ0v) is 11.0. The van der Waals surface area contributed by atoms with Crippen LogP contribution in [0.15, 0.2) is 12.1 Å². The highest BCUT2D eigenvalue weighted by atomic mass is 19.1. The first-order valence-electron chi connectivity index (χ1n) is 6.39. The van der Waals surface area contributed by atoms with Gasteiger partial charge in [-0.25, -0.2) is 8.78 Å². The highest BCUT2D eigenvalue weighted by Crippen LogP contribution is 2.28. The number of ether oxygens (including phenoxy) is 1. The fourth-order valence-electron chi connectivity index (χ4n) is 2.48. The van der Waals surface area contributed by atoms with Gasteiger partial charge in [-0.1, -0.05) is 6.92 Å². The van der Waals surface area contributed by atoms with Crippen molar-refractivity contribution >= 4 is 5.69 Å². The molecule has 1 saturated heterocycles. The van der Waals surface area contributed by atoms with E-state index in [2.05, 4.69) is 0 Å². The minimum Gasteiger partial charge on any atom is -0.372 e. The summed E-state index contributed by atoms with van der Waals surface area (Å²) in [6.07, 6.45) is 0.598. The number of anilines is 1. The largest absolute Gasteiger partial charge is 0.372 e. The quantitative estimate of drug-likeness (QED) is 0.805. The van der Waals surface area contributed by atoms with Crippen molar-refractivity contribution in [2.45, 2.75) is 39.4 Å². The summed E-state index contributed by atoms with van der Waals surface area (Å²) < 4.78 is 33.6. The molecule has 0 amide bonds. The van der Waals surface area contributed by atoms with Crippen LogP contribution in [0.1, 0.15) is 26.3 Å². The van der Waals surface area contributed by atoms with Gasteiger partial charge in [0.2, 0.25) is 0 Å². The van der Waals surface area contributed by atoms with E-state index < -0.39 is 11.6 Å². The van der Waals surface area contributed by atoms with E-state index in [0.717, 1.165) is 0 Å². The van der Waals surface area contributed by atoms with Gasteiger partial charge >= 0.3 is 0 Å². The van der Waals surface area contributed by atoms with Crippen molar-refractivity contribution in [3.8, 4) is 0 Å². The molecule has 0 aromatic heterocycles. The molecule has 0 N–H and O–H groups in total. The average Bonchev–Trinajstić information content (AvgIpc) is 2.26. The molecule has 1 aliphatic rings. The lowest BCUT2D eigenvalue weighted by molar-refractivity contribution is -0.00558. The van der Waals surface area contributed by atoms with Crippen LogP contribution in [0.4, 0.5) is 14.5 Å². The maximum absolute atomic E-state index is 14.0. The lowest BCUT2D eigenvalue weighted by atomic mass is 10.1. The molecule has 1 aliphatic heterocycles. The van der Waals surface area contributed by atoms with Crippen LogP contribution in [0, 0.1) is 11.6 Å². The van der Waals surface area contributed by atoms with Crippen molar-refractivity contribution in [3.63, 3.8) is 0 Å². The first-order chi connectivity index (χ1) is 8.51. The van der Waals surface area contributed by atoms with Crippen LogP contribution in [0.2, 0.25) is 0 Å². The zero-order chi connectivity index (χ0) is 13.3. The Morgan fingerprint density at radius 2 is 1.67 bits per heavy atom. The van der Waals surface area contributed by atoms with Crippen LogP contribution in [0.3, 0.4) is 0 Å².